The van der Waals surface area contributed by atoms with Gasteiger partial charge in [-0.3, -0.25) is 15.0 Å². The van der Waals surface area contributed by atoms with Gasteiger partial charge in [0.1, 0.15) is 12.4 Å². The molecular formula is C44H27N7OZn. The number of nitrogens with zero attached hydrogens (tertiary/aromatic N) is 7. The number of ether oxygens (including phenoxy) is 1. The zero-order valence-electron chi connectivity index (χ0n) is 28.4. The molecule has 8 nitrogen and oxygen atoms in total. The molecule has 9 heteroatoms. The summed E-state index contributed by atoms with van der Waals surface area (Å²) in [6.45, 7) is 0.190. The van der Waals surface area contributed by atoms with Gasteiger partial charge in [0.05, 0.1) is 22.8 Å². The maximum Gasteiger partial charge on any atom is 2.00 e. The summed E-state index contributed by atoms with van der Waals surface area (Å²) in [4.78, 5) is 34.0. The van der Waals surface area contributed by atoms with Gasteiger partial charge in [-0.25, -0.2) is 9.97 Å². The van der Waals surface area contributed by atoms with Crippen LogP contribution in [0.1, 0.15) is 22.8 Å². The molecule has 8 heterocycles. The first-order chi connectivity index (χ1) is 25.7. The van der Waals surface area contributed by atoms with Crippen LogP contribution in [-0.2, 0) is 19.5 Å². The molecule has 0 atom stereocenters. The first kappa shape index (κ1) is 33.4. The molecule has 9 rings (SSSR count). The predicted octanol–water partition coefficient (Wildman–Crippen LogP) is 8.78. The number of benzene rings is 1. The number of pyridine rings is 3. The van der Waals surface area contributed by atoms with Crippen molar-refractivity contribution in [1.29, 1.82) is 0 Å². The van der Waals surface area contributed by atoms with E-state index in [1.807, 2.05) is 109 Å². The third-order valence-corrected chi connectivity index (χ3v) is 8.98. The SMILES string of the molecule is C#CCOc1ccc(-c2c3nc(c(-c4ccncc4)c4ccc([n-]4)c(-c4ccncc4)c4nc(c(-c5ccncc5)c5ccc2[n-]5)C=C4)C=C3)cc1.[Zn+2]. The Morgan fingerprint density at radius 2 is 0.774 bits per heavy atom. The maximum absolute atomic E-state index is 5.69. The Hall–Kier alpha value is -6.75. The third kappa shape index (κ3) is 6.37. The first-order valence-corrected chi connectivity index (χ1v) is 16.7. The third-order valence-electron chi connectivity index (χ3n) is 8.98. The maximum atomic E-state index is 5.69. The molecule has 0 spiro atoms. The van der Waals surface area contributed by atoms with Crippen molar-refractivity contribution in [3.63, 3.8) is 0 Å². The van der Waals surface area contributed by atoms with Gasteiger partial charge in [0.15, 0.2) is 0 Å². The minimum absolute atomic E-state index is 0. The van der Waals surface area contributed by atoms with Crippen LogP contribution in [0.4, 0.5) is 0 Å². The molecule has 0 unspecified atom stereocenters. The minimum Gasteiger partial charge on any atom is -0.657 e. The quantitative estimate of drug-likeness (QED) is 0.123. The van der Waals surface area contributed by atoms with Gasteiger partial charge >= 0.3 is 19.5 Å². The van der Waals surface area contributed by atoms with Gasteiger partial charge in [0, 0.05) is 37.2 Å². The van der Waals surface area contributed by atoms with Gasteiger partial charge in [0.25, 0.3) is 0 Å². The monoisotopic (exact) mass is 733 g/mol. The molecule has 7 aromatic rings. The molecule has 6 aromatic heterocycles. The van der Waals surface area contributed by atoms with Gasteiger partial charge in [0.2, 0.25) is 0 Å². The summed E-state index contributed by atoms with van der Waals surface area (Å²) in [6.07, 6.45) is 24.3. The van der Waals surface area contributed by atoms with E-state index in [0.717, 1.165) is 89.4 Å². The van der Waals surface area contributed by atoms with Crippen molar-refractivity contribution in [2.75, 3.05) is 6.61 Å². The Morgan fingerprint density at radius 1 is 0.453 bits per heavy atom. The van der Waals surface area contributed by atoms with E-state index in [-0.39, 0.29) is 26.1 Å². The van der Waals surface area contributed by atoms with E-state index < -0.39 is 0 Å². The zero-order chi connectivity index (χ0) is 34.9. The Labute approximate surface area is 318 Å². The van der Waals surface area contributed by atoms with Crippen LogP contribution in [0.3, 0.4) is 0 Å². The summed E-state index contributed by atoms with van der Waals surface area (Å²) < 4.78 is 5.69. The van der Waals surface area contributed by atoms with E-state index in [1.54, 1.807) is 37.2 Å². The molecule has 0 radical (unpaired) electrons. The number of rotatable bonds is 6. The number of hydrogen-bond donors (Lipinski definition) is 0. The van der Waals surface area contributed by atoms with Crippen LogP contribution >= 0.6 is 0 Å². The zero-order valence-corrected chi connectivity index (χ0v) is 31.4. The number of fused-ring (bicyclic) bond motifs is 8. The van der Waals surface area contributed by atoms with E-state index >= 15 is 0 Å². The molecule has 0 amide bonds. The smallest absolute Gasteiger partial charge is 0.657 e. The minimum atomic E-state index is 0. The van der Waals surface area contributed by atoms with E-state index in [2.05, 4.69) is 20.9 Å². The molecule has 8 bridgehead atoms. The molecule has 2 aliphatic heterocycles. The number of terminal acetylenes is 1. The van der Waals surface area contributed by atoms with Crippen LogP contribution in [0.5, 0.6) is 5.75 Å². The average Bonchev–Trinajstić information content (AvgIpc) is 4.04. The molecule has 0 fully saturated rings. The largest absolute Gasteiger partial charge is 2.00 e. The van der Waals surface area contributed by atoms with E-state index in [4.69, 9.17) is 31.1 Å². The van der Waals surface area contributed by atoms with Crippen LogP contribution in [0.25, 0.3) is 90.9 Å². The molecule has 1 aromatic carbocycles. The van der Waals surface area contributed by atoms with Crippen LogP contribution < -0.4 is 14.7 Å². The molecule has 2 aliphatic rings. The van der Waals surface area contributed by atoms with E-state index in [0.29, 0.717) is 5.75 Å². The van der Waals surface area contributed by atoms with Crippen molar-refractivity contribution in [3.05, 3.63) is 145 Å². The van der Waals surface area contributed by atoms with Gasteiger partial charge in [-0.05, 0) is 117 Å². The van der Waals surface area contributed by atoms with Crippen LogP contribution in [0, 0.1) is 12.3 Å². The van der Waals surface area contributed by atoms with Gasteiger partial charge in [-0.15, -0.1) is 28.5 Å². The van der Waals surface area contributed by atoms with Gasteiger partial charge in [-0.2, -0.15) is 0 Å². The summed E-state index contributed by atoms with van der Waals surface area (Å²) >= 11 is 0. The molecular weight excluding hydrogens is 708 g/mol. The van der Waals surface area contributed by atoms with Crippen LogP contribution in [-0.4, -0.2) is 31.5 Å². The molecule has 0 aliphatic carbocycles. The summed E-state index contributed by atoms with van der Waals surface area (Å²) in [7, 11) is 0. The van der Waals surface area contributed by atoms with E-state index in [9.17, 15) is 0 Å². The molecule has 246 valence electrons. The standard InChI is InChI=1S/C44H27N7O.Zn/c1-2-27-52-32-5-3-28(4-6-32)41-33-7-9-35(48-33)42(29-15-21-45-22-16-29)37-11-13-39(50-37)44(31-19-25-47-26-20-31)40-14-12-38(51-40)43(30-17-23-46-24-18-30)36-10-8-34(41)49-36;/h1,3-26H,27H2;/q-2;+2. The van der Waals surface area contributed by atoms with Crippen molar-refractivity contribution < 1.29 is 24.2 Å². The molecule has 0 saturated heterocycles. The summed E-state index contributed by atoms with van der Waals surface area (Å²) in [5.74, 6) is 3.21. The molecule has 0 saturated carbocycles. The van der Waals surface area contributed by atoms with Crippen LogP contribution in [0.15, 0.2) is 122 Å². The number of aromatic nitrogens is 7. The number of hydrogen-bond acceptors (Lipinski definition) is 6. The Bertz CT molecular complexity index is 2690. The van der Waals surface area contributed by atoms with Gasteiger partial charge < -0.3 is 14.7 Å². The summed E-state index contributed by atoms with van der Waals surface area (Å²) in [6, 6.07) is 27.9. The van der Waals surface area contributed by atoms with Crippen LogP contribution in [0.2, 0.25) is 0 Å². The van der Waals surface area contributed by atoms with Crippen molar-refractivity contribution in [2.45, 2.75) is 0 Å². The summed E-state index contributed by atoms with van der Waals surface area (Å²) in [5.41, 5.74) is 13.6. The first-order valence-electron chi connectivity index (χ1n) is 16.7. The van der Waals surface area contributed by atoms with Crippen molar-refractivity contribution in [2.24, 2.45) is 0 Å². The second-order valence-electron chi connectivity index (χ2n) is 12.1. The molecule has 53 heavy (non-hydrogen) atoms. The van der Waals surface area contributed by atoms with Crippen molar-refractivity contribution in [1.82, 2.24) is 34.9 Å². The Kier molecular flexibility index (Phi) is 9.12. The predicted molar refractivity (Wildman–Crippen MR) is 206 cm³/mol. The fourth-order valence-electron chi connectivity index (χ4n) is 6.67. The second kappa shape index (κ2) is 14.5. The summed E-state index contributed by atoms with van der Waals surface area (Å²) in [5, 5.41) is 0. The average molecular weight is 735 g/mol. The fourth-order valence-corrected chi connectivity index (χ4v) is 6.67. The Balaban J connectivity index is 0.00000400. The Morgan fingerprint density at radius 3 is 1.09 bits per heavy atom. The van der Waals surface area contributed by atoms with Gasteiger partial charge in [-0.1, -0.05) is 42.3 Å². The topological polar surface area (TPSA) is 102 Å². The van der Waals surface area contributed by atoms with E-state index in [1.165, 1.54) is 0 Å². The normalized spacial score (nSPS) is 11.5. The fraction of sp³-hybridized carbons (Fsp3) is 0.0227. The molecule has 0 N–H and O–H groups in total. The van der Waals surface area contributed by atoms with Crippen molar-refractivity contribution >= 4 is 46.4 Å². The second-order valence-corrected chi connectivity index (χ2v) is 12.1. The van der Waals surface area contributed by atoms with Crippen molar-refractivity contribution in [3.8, 4) is 62.6 Å².